The van der Waals surface area contributed by atoms with Gasteiger partial charge in [0.2, 0.25) is 5.91 Å². The summed E-state index contributed by atoms with van der Waals surface area (Å²) in [5.74, 6) is -0.288. The first-order valence-electron chi connectivity index (χ1n) is 4.55. The average molecular weight is 207 g/mol. The molecule has 80 valence electrons. The number of amides is 2. The topological polar surface area (TPSA) is 71.1 Å². The molecule has 5 heteroatoms. The summed E-state index contributed by atoms with van der Waals surface area (Å²) >= 11 is 0. The second kappa shape index (κ2) is 5.09. The molecule has 0 radical (unpaired) electrons. The Balaban J connectivity index is 2.74. The molecule has 1 aromatic rings. The molecule has 5 nitrogen and oxygen atoms in total. The lowest BCUT2D eigenvalue weighted by atomic mass is 10.2. The molecule has 0 aliphatic carbocycles. The summed E-state index contributed by atoms with van der Waals surface area (Å²) in [4.78, 5) is 26.0. The number of carbonyl (C=O) groups is 2. The quantitative estimate of drug-likeness (QED) is 0.737. The molecular formula is C10H13N3O2. The minimum atomic E-state index is -0.165. The molecule has 0 spiro atoms. The van der Waals surface area contributed by atoms with E-state index in [9.17, 15) is 9.59 Å². The maximum absolute atomic E-state index is 11.3. The van der Waals surface area contributed by atoms with Crippen LogP contribution in [0, 0.1) is 0 Å². The molecule has 0 fully saturated rings. The summed E-state index contributed by atoms with van der Waals surface area (Å²) in [6.07, 6.45) is 1.54. The summed E-state index contributed by atoms with van der Waals surface area (Å²) in [6.45, 7) is 1.77. The number of nitrogens with zero attached hydrogens (tertiary/aromatic N) is 1. The lowest BCUT2D eigenvalue weighted by molar-refractivity contribution is -0.119. The van der Waals surface area contributed by atoms with Gasteiger partial charge in [0.05, 0.1) is 12.2 Å². The standard InChI is InChI=1S/C10H13N3O2/c1-7(14)13-6-9-5-8(3-4-12-9)10(15)11-2/h3-5H,6H2,1-2H3,(H,11,15)(H,13,14). The van der Waals surface area contributed by atoms with Crippen LogP contribution in [0.25, 0.3) is 0 Å². The molecule has 15 heavy (non-hydrogen) atoms. The van der Waals surface area contributed by atoms with E-state index in [2.05, 4.69) is 15.6 Å². The number of pyridine rings is 1. The van der Waals surface area contributed by atoms with Crippen molar-refractivity contribution in [2.75, 3.05) is 7.05 Å². The molecule has 0 aliphatic rings. The van der Waals surface area contributed by atoms with Crippen molar-refractivity contribution in [1.29, 1.82) is 0 Å². The van der Waals surface area contributed by atoms with Gasteiger partial charge in [-0.2, -0.15) is 0 Å². The third-order valence-electron chi connectivity index (χ3n) is 1.82. The van der Waals surface area contributed by atoms with E-state index < -0.39 is 0 Å². The first kappa shape index (κ1) is 11.2. The highest BCUT2D eigenvalue weighted by atomic mass is 16.2. The van der Waals surface area contributed by atoms with Crippen LogP contribution in [0.4, 0.5) is 0 Å². The first-order valence-corrected chi connectivity index (χ1v) is 4.55. The third kappa shape index (κ3) is 3.38. The zero-order valence-corrected chi connectivity index (χ0v) is 8.70. The first-order chi connectivity index (χ1) is 7.13. The summed E-state index contributed by atoms with van der Waals surface area (Å²) < 4.78 is 0. The maximum Gasteiger partial charge on any atom is 0.251 e. The van der Waals surface area contributed by atoms with Crippen LogP contribution in [0.3, 0.4) is 0 Å². The van der Waals surface area contributed by atoms with Gasteiger partial charge in [-0.25, -0.2) is 0 Å². The fourth-order valence-corrected chi connectivity index (χ4v) is 1.08. The van der Waals surface area contributed by atoms with Crippen molar-refractivity contribution >= 4 is 11.8 Å². The van der Waals surface area contributed by atoms with Crippen LogP contribution in [0.2, 0.25) is 0 Å². The highest BCUT2D eigenvalue weighted by molar-refractivity contribution is 5.93. The van der Waals surface area contributed by atoms with Gasteiger partial charge in [-0.3, -0.25) is 14.6 Å². The number of carbonyl (C=O) groups excluding carboxylic acids is 2. The van der Waals surface area contributed by atoms with Crippen LogP contribution in [-0.2, 0) is 11.3 Å². The molecular weight excluding hydrogens is 194 g/mol. The van der Waals surface area contributed by atoms with Gasteiger partial charge in [0, 0.05) is 25.7 Å². The largest absolute Gasteiger partial charge is 0.355 e. The summed E-state index contributed by atoms with van der Waals surface area (Å²) in [5.41, 5.74) is 1.19. The van der Waals surface area contributed by atoms with E-state index in [0.717, 1.165) is 0 Å². The third-order valence-corrected chi connectivity index (χ3v) is 1.82. The van der Waals surface area contributed by atoms with Crippen molar-refractivity contribution in [3.8, 4) is 0 Å². The fraction of sp³-hybridized carbons (Fsp3) is 0.300. The van der Waals surface area contributed by atoms with Gasteiger partial charge in [0.1, 0.15) is 0 Å². The van der Waals surface area contributed by atoms with E-state index in [0.29, 0.717) is 17.8 Å². The second-order valence-corrected chi connectivity index (χ2v) is 3.02. The van der Waals surface area contributed by atoms with Gasteiger partial charge in [0.25, 0.3) is 5.91 Å². The van der Waals surface area contributed by atoms with Gasteiger partial charge in [-0.1, -0.05) is 0 Å². The highest BCUT2D eigenvalue weighted by Gasteiger charge is 2.04. The Morgan fingerprint density at radius 1 is 1.47 bits per heavy atom. The van der Waals surface area contributed by atoms with Crippen molar-refractivity contribution in [2.24, 2.45) is 0 Å². The van der Waals surface area contributed by atoms with Crippen LogP contribution in [-0.4, -0.2) is 23.8 Å². The Morgan fingerprint density at radius 2 is 2.20 bits per heavy atom. The summed E-state index contributed by atoms with van der Waals surface area (Å²) in [7, 11) is 1.57. The molecule has 0 aliphatic heterocycles. The number of hydrogen-bond acceptors (Lipinski definition) is 3. The number of nitrogens with one attached hydrogen (secondary N) is 2. The van der Waals surface area contributed by atoms with Crippen LogP contribution in [0.1, 0.15) is 23.0 Å². The van der Waals surface area contributed by atoms with Crippen molar-refractivity contribution < 1.29 is 9.59 Å². The van der Waals surface area contributed by atoms with Crippen molar-refractivity contribution in [3.05, 3.63) is 29.6 Å². The van der Waals surface area contributed by atoms with Crippen LogP contribution in [0.5, 0.6) is 0 Å². The van der Waals surface area contributed by atoms with Crippen molar-refractivity contribution in [3.63, 3.8) is 0 Å². The number of rotatable bonds is 3. The Labute approximate surface area is 87.9 Å². The van der Waals surface area contributed by atoms with E-state index in [-0.39, 0.29) is 11.8 Å². The monoisotopic (exact) mass is 207 g/mol. The van der Waals surface area contributed by atoms with Gasteiger partial charge in [-0.15, -0.1) is 0 Å². The van der Waals surface area contributed by atoms with E-state index >= 15 is 0 Å². The average Bonchev–Trinajstić information content (AvgIpc) is 2.25. The Bertz CT molecular complexity index is 377. The molecule has 1 aromatic heterocycles. The Kier molecular flexibility index (Phi) is 3.79. The SMILES string of the molecule is CNC(=O)c1ccnc(CNC(C)=O)c1. The Hall–Kier alpha value is -1.91. The predicted octanol–water partition coefficient (Wildman–Crippen LogP) is 0.0773. The van der Waals surface area contributed by atoms with Crippen LogP contribution >= 0.6 is 0 Å². The molecule has 0 aromatic carbocycles. The lowest BCUT2D eigenvalue weighted by Gasteiger charge is -2.03. The number of aromatic nitrogens is 1. The Morgan fingerprint density at radius 3 is 2.80 bits per heavy atom. The normalized spacial score (nSPS) is 9.47. The molecule has 2 N–H and O–H groups in total. The molecule has 0 bridgehead atoms. The van der Waals surface area contributed by atoms with Gasteiger partial charge < -0.3 is 10.6 Å². The molecule has 2 amide bonds. The van der Waals surface area contributed by atoms with Gasteiger partial charge >= 0.3 is 0 Å². The predicted molar refractivity (Wildman–Crippen MR) is 55.1 cm³/mol. The molecule has 0 saturated carbocycles. The molecule has 1 rings (SSSR count). The maximum atomic E-state index is 11.3. The minimum absolute atomic E-state index is 0.123. The minimum Gasteiger partial charge on any atom is -0.355 e. The second-order valence-electron chi connectivity index (χ2n) is 3.02. The molecule has 0 atom stereocenters. The van der Waals surface area contributed by atoms with Crippen molar-refractivity contribution in [2.45, 2.75) is 13.5 Å². The zero-order chi connectivity index (χ0) is 11.3. The van der Waals surface area contributed by atoms with Gasteiger partial charge in [0.15, 0.2) is 0 Å². The lowest BCUT2D eigenvalue weighted by Crippen LogP contribution is -2.21. The van der Waals surface area contributed by atoms with Crippen LogP contribution < -0.4 is 10.6 Å². The smallest absolute Gasteiger partial charge is 0.251 e. The molecule has 0 unspecified atom stereocenters. The number of hydrogen-bond donors (Lipinski definition) is 2. The molecule has 0 saturated heterocycles. The zero-order valence-electron chi connectivity index (χ0n) is 8.70. The summed E-state index contributed by atoms with van der Waals surface area (Å²) in [5, 5.41) is 5.13. The van der Waals surface area contributed by atoms with Crippen LogP contribution in [0.15, 0.2) is 18.3 Å². The van der Waals surface area contributed by atoms with E-state index in [4.69, 9.17) is 0 Å². The highest BCUT2D eigenvalue weighted by Crippen LogP contribution is 2.01. The molecule has 1 heterocycles. The van der Waals surface area contributed by atoms with Gasteiger partial charge in [-0.05, 0) is 12.1 Å². The van der Waals surface area contributed by atoms with Crippen molar-refractivity contribution in [1.82, 2.24) is 15.6 Å². The fourth-order valence-electron chi connectivity index (χ4n) is 1.08. The summed E-state index contributed by atoms with van der Waals surface area (Å²) in [6, 6.07) is 3.27. The van der Waals surface area contributed by atoms with E-state index in [1.807, 2.05) is 0 Å². The van der Waals surface area contributed by atoms with E-state index in [1.54, 1.807) is 25.4 Å². The van der Waals surface area contributed by atoms with E-state index in [1.165, 1.54) is 6.92 Å².